The molecule has 0 aromatic heterocycles. The van der Waals surface area contributed by atoms with Gasteiger partial charge in [0.2, 0.25) is 0 Å². The minimum Gasteiger partial charge on any atom is -0.0528 e. The van der Waals surface area contributed by atoms with Crippen LogP contribution in [0.25, 0.3) is 0 Å². The highest BCUT2D eigenvalue weighted by molar-refractivity contribution is 4.86. The van der Waals surface area contributed by atoms with E-state index in [0.717, 1.165) is 23.7 Å². The number of fused-ring (bicyclic) bond motifs is 2. The summed E-state index contributed by atoms with van der Waals surface area (Å²) in [6.45, 7) is 0. The van der Waals surface area contributed by atoms with Crippen LogP contribution in [0.2, 0.25) is 0 Å². The molecule has 0 amide bonds. The molecule has 0 saturated heterocycles. The SMILES string of the molecule is C1CC2CCCC3CCC3CCC2C1. The lowest BCUT2D eigenvalue weighted by Gasteiger charge is -2.36. The van der Waals surface area contributed by atoms with Gasteiger partial charge in [-0.2, -0.15) is 0 Å². The maximum absolute atomic E-state index is 1.59. The third-order valence-electron chi connectivity index (χ3n) is 5.45. The van der Waals surface area contributed by atoms with Crippen molar-refractivity contribution in [1.29, 1.82) is 0 Å². The summed E-state index contributed by atoms with van der Waals surface area (Å²) in [6, 6.07) is 0. The zero-order valence-corrected chi connectivity index (χ0v) is 9.38. The van der Waals surface area contributed by atoms with Crippen LogP contribution in [-0.2, 0) is 0 Å². The molecule has 80 valence electrons. The topological polar surface area (TPSA) is 0 Å². The fourth-order valence-electron chi connectivity index (χ4n) is 4.34. The van der Waals surface area contributed by atoms with Crippen molar-refractivity contribution in [2.75, 3.05) is 0 Å². The molecule has 4 atom stereocenters. The average molecular weight is 192 g/mol. The molecule has 3 saturated carbocycles. The predicted octanol–water partition coefficient (Wildman–Crippen LogP) is 4.39. The fourth-order valence-corrected chi connectivity index (χ4v) is 4.34. The van der Waals surface area contributed by atoms with Crippen molar-refractivity contribution >= 4 is 0 Å². The molecular weight excluding hydrogens is 168 g/mol. The summed E-state index contributed by atoms with van der Waals surface area (Å²) in [5, 5.41) is 0. The molecule has 4 unspecified atom stereocenters. The molecule has 0 aromatic rings. The van der Waals surface area contributed by atoms with Crippen molar-refractivity contribution in [2.45, 2.75) is 64.2 Å². The molecule has 0 heterocycles. The minimum atomic E-state index is 1.15. The van der Waals surface area contributed by atoms with Crippen LogP contribution in [0.15, 0.2) is 0 Å². The Morgan fingerprint density at radius 1 is 0.357 bits per heavy atom. The molecule has 0 nitrogen and oxygen atoms in total. The van der Waals surface area contributed by atoms with Crippen molar-refractivity contribution in [3.8, 4) is 0 Å². The van der Waals surface area contributed by atoms with Crippen molar-refractivity contribution in [3.05, 3.63) is 0 Å². The van der Waals surface area contributed by atoms with E-state index < -0.39 is 0 Å². The van der Waals surface area contributed by atoms with E-state index >= 15 is 0 Å². The van der Waals surface area contributed by atoms with Gasteiger partial charge in [0.1, 0.15) is 0 Å². The van der Waals surface area contributed by atoms with Gasteiger partial charge in [-0.3, -0.25) is 0 Å². The Morgan fingerprint density at radius 3 is 1.07 bits per heavy atom. The molecule has 0 aliphatic heterocycles. The van der Waals surface area contributed by atoms with Crippen molar-refractivity contribution in [1.82, 2.24) is 0 Å². The molecule has 0 N–H and O–H groups in total. The second-order valence-electron chi connectivity index (χ2n) is 6.06. The molecule has 0 aromatic carbocycles. The third kappa shape index (κ3) is 1.61. The standard InChI is InChI=1S/C14H24/c1-3-11-4-2-6-13-8-10-14(13)9-7-12(11)5-1/h11-14H,1-10H2. The van der Waals surface area contributed by atoms with E-state index in [2.05, 4.69) is 0 Å². The van der Waals surface area contributed by atoms with E-state index in [4.69, 9.17) is 0 Å². The summed E-state index contributed by atoms with van der Waals surface area (Å²) >= 11 is 0. The van der Waals surface area contributed by atoms with Crippen LogP contribution < -0.4 is 0 Å². The monoisotopic (exact) mass is 192 g/mol. The van der Waals surface area contributed by atoms with E-state index in [1.54, 1.807) is 64.2 Å². The number of rotatable bonds is 0. The predicted molar refractivity (Wildman–Crippen MR) is 60.1 cm³/mol. The summed E-state index contributed by atoms with van der Waals surface area (Å²) in [4.78, 5) is 0. The molecule has 3 rings (SSSR count). The molecule has 3 aliphatic rings. The zero-order chi connectivity index (χ0) is 9.38. The summed E-state index contributed by atoms with van der Waals surface area (Å²) < 4.78 is 0. The van der Waals surface area contributed by atoms with Gasteiger partial charge in [-0.25, -0.2) is 0 Å². The van der Waals surface area contributed by atoms with Gasteiger partial charge in [0.25, 0.3) is 0 Å². The first-order chi connectivity index (χ1) is 6.93. The van der Waals surface area contributed by atoms with E-state index in [1.807, 2.05) is 0 Å². The second-order valence-corrected chi connectivity index (χ2v) is 6.06. The lowest BCUT2D eigenvalue weighted by molar-refractivity contribution is 0.147. The lowest BCUT2D eigenvalue weighted by atomic mass is 9.69. The van der Waals surface area contributed by atoms with Gasteiger partial charge in [0.15, 0.2) is 0 Å². The van der Waals surface area contributed by atoms with Gasteiger partial charge in [0, 0.05) is 0 Å². The summed E-state index contributed by atoms with van der Waals surface area (Å²) in [5.41, 5.74) is 0. The van der Waals surface area contributed by atoms with E-state index in [1.165, 1.54) is 0 Å². The van der Waals surface area contributed by atoms with Crippen LogP contribution >= 0.6 is 0 Å². The normalized spacial score (nSPS) is 48.0. The second kappa shape index (κ2) is 3.87. The van der Waals surface area contributed by atoms with Crippen molar-refractivity contribution < 1.29 is 0 Å². The average Bonchev–Trinajstić information content (AvgIpc) is 2.58. The summed E-state index contributed by atoms with van der Waals surface area (Å²) in [5.74, 6) is 4.62. The minimum absolute atomic E-state index is 1.15. The number of hydrogen-bond donors (Lipinski definition) is 0. The smallest absolute Gasteiger partial charge is 0.0386 e. The van der Waals surface area contributed by atoms with Crippen LogP contribution in [-0.4, -0.2) is 0 Å². The van der Waals surface area contributed by atoms with Gasteiger partial charge in [0.05, 0.1) is 0 Å². The van der Waals surface area contributed by atoms with Crippen molar-refractivity contribution in [2.24, 2.45) is 23.7 Å². The maximum Gasteiger partial charge on any atom is -0.0386 e. The number of hydrogen-bond acceptors (Lipinski definition) is 0. The first-order valence-corrected chi connectivity index (χ1v) is 6.93. The van der Waals surface area contributed by atoms with E-state index in [0.29, 0.717) is 0 Å². The highest BCUT2D eigenvalue weighted by atomic mass is 14.4. The molecule has 14 heavy (non-hydrogen) atoms. The van der Waals surface area contributed by atoms with Crippen LogP contribution in [0.4, 0.5) is 0 Å². The molecular formula is C14H24. The van der Waals surface area contributed by atoms with Gasteiger partial charge in [-0.05, 0) is 49.4 Å². The van der Waals surface area contributed by atoms with Gasteiger partial charge in [-0.1, -0.05) is 38.5 Å². The van der Waals surface area contributed by atoms with Crippen LogP contribution in [0.1, 0.15) is 64.2 Å². The van der Waals surface area contributed by atoms with Gasteiger partial charge < -0.3 is 0 Å². The van der Waals surface area contributed by atoms with Gasteiger partial charge >= 0.3 is 0 Å². The Labute approximate surface area is 88.5 Å². The summed E-state index contributed by atoms with van der Waals surface area (Å²) in [7, 11) is 0. The van der Waals surface area contributed by atoms with E-state index in [9.17, 15) is 0 Å². The molecule has 0 bridgehead atoms. The Bertz CT molecular complexity index is 196. The fraction of sp³-hybridized carbons (Fsp3) is 1.00. The van der Waals surface area contributed by atoms with Crippen LogP contribution in [0.3, 0.4) is 0 Å². The quantitative estimate of drug-likeness (QED) is 0.534. The van der Waals surface area contributed by atoms with E-state index in [-0.39, 0.29) is 0 Å². The van der Waals surface area contributed by atoms with Gasteiger partial charge in [-0.15, -0.1) is 0 Å². The Kier molecular flexibility index (Phi) is 2.55. The Morgan fingerprint density at radius 2 is 0.643 bits per heavy atom. The molecule has 3 fully saturated rings. The largest absolute Gasteiger partial charge is 0.0528 e. The molecule has 0 radical (unpaired) electrons. The molecule has 3 aliphatic carbocycles. The Hall–Kier alpha value is 0. The van der Waals surface area contributed by atoms with Crippen molar-refractivity contribution in [3.63, 3.8) is 0 Å². The lowest BCUT2D eigenvalue weighted by Crippen LogP contribution is -2.25. The maximum atomic E-state index is 1.59. The first kappa shape index (κ1) is 9.24. The van der Waals surface area contributed by atoms with Crippen LogP contribution in [0, 0.1) is 23.7 Å². The summed E-state index contributed by atoms with van der Waals surface area (Å²) in [6.07, 6.45) is 15.7. The molecule has 0 spiro atoms. The first-order valence-electron chi connectivity index (χ1n) is 6.93. The molecule has 0 heteroatoms. The highest BCUT2D eigenvalue weighted by Crippen LogP contribution is 2.47. The zero-order valence-electron chi connectivity index (χ0n) is 9.38. The Balaban J connectivity index is 1.63. The van der Waals surface area contributed by atoms with Crippen LogP contribution in [0.5, 0.6) is 0 Å². The highest BCUT2D eigenvalue weighted by Gasteiger charge is 2.34. The third-order valence-corrected chi connectivity index (χ3v) is 5.45.